The highest BCUT2D eigenvalue weighted by Crippen LogP contribution is 2.30. The third-order valence-electron chi connectivity index (χ3n) is 4.85. The van der Waals surface area contributed by atoms with E-state index in [1.165, 1.54) is 6.07 Å². The van der Waals surface area contributed by atoms with Crippen LogP contribution < -0.4 is 0 Å². The van der Waals surface area contributed by atoms with Crippen LogP contribution in [0.1, 0.15) is 0 Å². The summed E-state index contributed by atoms with van der Waals surface area (Å²) in [5.41, 5.74) is 3.36. The average Bonchev–Trinajstić information content (AvgIpc) is 3.11. The lowest BCUT2D eigenvalue weighted by Crippen LogP contribution is -2.22. The number of hydrogen-bond acceptors (Lipinski definition) is 5. The molecule has 0 unspecified atom stereocenters. The van der Waals surface area contributed by atoms with Gasteiger partial charge >= 0.3 is 0 Å². The summed E-state index contributed by atoms with van der Waals surface area (Å²) in [6.45, 7) is 7.87. The van der Waals surface area contributed by atoms with Crippen molar-refractivity contribution in [2.24, 2.45) is 0 Å². The summed E-state index contributed by atoms with van der Waals surface area (Å²) in [5, 5.41) is 5.45. The Hall–Kier alpha value is -2.68. The lowest BCUT2D eigenvalue weighted by atomic mass is 10.1. The Morgan fingerprint density at radius 3 is 2.68 bits per heavy atom. The zero-order valence-electron chi connectivity index (χ0n) is 17.6. The van der Waals surface area contributed by atoms with E-state index in [1.54, 1.807) is 29.3 Å². The molecule has 0 fully saturated rings. The molecule has 31 heavy (non-hydrogen) atoms. The lowest BCUT2D eigenvalue weighted by molar-refractivity contribution is 0.0818. The van der Waals surface area contributed by atoms with Crippen molar-refractivity contribution in [3.8, 4) is 22.6 Å². The molecular formula is C22H23ClFN5OSi. The van der Waals surface area contributed by atoms with E-state index in [4.69, 9.17) is 16.3 Å². The molecule has 0 N–H and O–H groups in total. The predicted molar refractivity (Wildman–Crippen MR) is 123 cm³/mol. The van der Waals surface area contributed by atoms with Gasteiger partial charge in [-0.2, -0.15) is 9.49 Å². The van der Waals surface area contributed by atoms with E-state index in [-0.39, 0.29) is 11.8 Å². The molecule has 4 aromatic heterocycles. The first-order valence-corrected chi connectivity index (χ1v) is 14.1. The Morgan fingerprint density at radius 2 is 1.97 bits per heavy atom. The fraction of sp³-hybridized carbons (Fsp3) is 0.273. The van der Waals surface area contributed by atoms with E-state index in [1.807, 2.05) is 18.2 Å². The van der Waals surface area contributed by atoms with E-state index < -0.39 is 14.0 Å². The number of nitrogens with zero attached hydrogens (tertiary/aromatic N) is 5. The smallest absolute Gasteiger partial charge is 0.232 e. The second-order valence-electron chi connectivity index (χ2n) is 8.49. The largest absolute Gasteiger partial charge is 0.360 e. The Bertz CT molecular complexity index is 1210. The number of fused-ring (bicyclic) bond motifs is 1. The van der Waals surface area contributed by atoms with E-state index in [2.05, 4.69) is 39.7 Å². The van der Waals surface area contributed by atoms with Crippen molar-refractivity contribution in [3.63, 3.8) is 0 Å². The summed E-state index contributed by atoms with van der Waals surface area (Å²) in [4.78, 5) is 12.7. The van der Waals surface area contributed by atoms with Crippen LogP contribution in [0.5, 0.6) is 0 Å². The van der Waals surface area contributed by atoms with Crippen molar-refractivity contribution in [3.05, 3.63) is 59.9 Å². The van der Waals surface area contributed by atoms with Crippen molar-refractivity contribution in [2.45, 2.75) is 32.4 Å². The summed E-state index contributed by atoms with van der Waals surface area (Å²) >= 11 is 5.82. The molecule has 0 saturated carbocycles. The number of rotatable bonds is 7. The summed E-state index contributed by atoms with van der Waals surface area (Å²) in [5.74, 6) is -0.727. The van der Waals surface area contributed by atoms with Gasteiger partial charge in [-0.25, -0.2) is 9.67 Å². The fourth-order valence-electron chi connectivity index (χ4n) is 3.11. The maximum Gasteiger partial charge on any atom is 0.232 e. The minimum atomic E-state index is -1.19. The first-order chi connectivity index (χ1) is 14.8. The molecule has 0 aromatic carbocycles. The number of aromatic nitrogens is 5. The minimum absolute atomic E-state index is 0.0279. The van der Waals surface area contributed by atoms with Crippen molar-refractivity contribution < 1.29 is 9.13 Å². The SMILES string of the molecule is C[Si](C)(C)CCOCn1nc(-c2ccc(Cl)c(F)n2)c2cc(-c3cccnc3)ncc21. The van der Waals surface area contributed by atoms with Gasteiger partial charge in [-0.15, -0.1) is 0 Å². The van der Waals surface area contributed by atoms with E-state index in [0.717, 1.165) is 28.2 Å². The highest BCUT2D eigenvalue weighted by atomic mass is 35.5. The Balaban J connectivity index is 1.75. The second-order valence-corrected chi connectivity index (χ2v) is 14.5. The normalized spacial score (nSPS) is 11.9. The minimum Gasteiger partial charge on any atom is -0.360 e. The molecule has 0 bridgehead atoms. The number of halogens is 2. The molecule has 0 aliphatic rings. The van der Waals surface area contributed by atoms with E-state index in [0.29, 0.717) is 18.0 Å². The van der Waals surface area contributed by atoms with Crippen molar-refractivity contribution in [1.29, 1.82) is 0 Å². The van der Waals surface area contributed by atoms with Gasteiger partial charge in [0.2, 0.25) is 5.95 Å². The number of pyridine rings is 3. The Kier molecular flexibility index (Phi) is 6.13. The maximum atomic E-state index is 14.1. The monoisotopic (exact) mass is 455 g/mol. The van der Waals surface area contributed by atoms with Crippen LogP contribution in [0.2, 0.25) is 30.7 Å². The molecular weight excluding hydrogens is 433 g/mol. The predicted octanol–water partition coefficient (Wildman–Crippen LogP) is 5.66. The quantitative estimate of drug-likeness (QED) is 0.204. The first-order valence-electron chi connectivity index (χ1n) is 9.99. The van der Waals surface area contributed by atoms with Crippen LogP contribution in [0, 0.1) is 5.95 Å². The standard InChI is InChI=1S/C22H23ClFN5OSi/c1-31(2,3)10-9-30-14-29-20-13-26-19(15-5-4-8-25-12-15)11-16(20)21(28-29)18-7-6-17(23)22(24)27-18/h4-8,11-13H,9-10,14H2,1-3H3. The third-order valence-corrected chi connectivity index (χ3v) is 6.84. The summed E-state index contributed by atoms with van der Waals surface area (Å²) in [6, 6.07) is 9.92. The summed E-state index contributed by atoms with van der Waals surface area (Å²) < 4.78 is 21.7. The molecule has 6 nitrogen and oxygen atoms in total. The van der Waals surface area contributed by atoms with Gasteiger partial charge in [0, 0.05) is 38.0 Å². The van der Waals surface area contributed by atoms with Crippen LogP contribution in [0.25, 0.3) is 33.5 Å². The Labute approximate surface area is 186 Å². The van der Waals surface area contributed by atoms with Crippen LogP contribution in [0.4, 0.5) is 4.39 Å². The second kappa shape index (κ2) is 8.82. The van der Waals surface area contributed by atoms with Crippen LogP contribution in [0.15, 0.2) is 48.9 Å². The molecule has 0 amide bonds. The molecule has 0 spiro atoms. The molecule has 0 saturated heterocycles. The van der Waals surface area contributed by atoms with E-state index >= 15 is 0 Å². The van der Waals surface area contributed by atoms with Gasteiger partial charge in [0.15, 0.2) is 0 Å². The van der Waals surface area contributed by atoms with Crippen LogP contribution in [-0.2, 0) is 11.5 Å². The highest BCUT2D eigenvalue weighted by Gasteiger charge is 2.18. The van der Waals surface area contributed by atoms with Gasteiger partial charge in [0.25, 0.3) is 0 Å². The maximum absolute atomic E-state index is 14.1. The highest BCUT2D eigenvalue weighted by molar-refractivity contribution is 6.76. The van der Waals surface area contributed by atoms with Crippen molar-refractivity contribution in [2.75, 3.05) is 6.61 Å². The van der Waals surface area contributed by atoms with Gasteiger partial charge in [-0.1, -0.05) is 31.2 Å². The fourth-order valence-corrected chi connectivity index (χ4v) is 3.97. The van der Waals surface area contributed by atoms with Gasteiger partial charge in [0.05, 0.1) is 28.1 Å². The molecule has 160 valence electrons. The van der Waals surface area contributed by atoms with Gasteiger partial charge in [0.1, 0.15) is 12.4 Å². The number of hydrogen-bond donors (Lipinski definition) is 0. The van der Waals surface area contributed by atoms with E-state index in [9.17, 15) is 4.39 Å². The van der Waals surface area contributed by atoms with Crippen LogP contribution in [-0.4, -0.2) is 39.4 Å². The molecule has 0 radical (unpaired) electrons. The van der Waals surface area contributed by atoms with Gasteiger partial charge < -0.3 is 4.74 Å². The molecule has 4 rings (SSSR count). The Morgan fingerprint density at radius 1 is 1.13 bits per heavy atom. The molecule has 0 atom stereocenters. The van der Waals surface area contributed by atoms with Crippen molar-refractivity contribution in [1.82, 2.24) is 24.7 Å². The van der Waals surface area contributed by atoms with Gasteiger partial charge in [-0.05, 0) is 36.4 Å². The molecule has 0 aliphatic carbocycles. The molecule has 4 heterocycles. The summed E-state index contributed by atoms with van der Waals surface area (Å²) in [7, 11) is -1.19. The van der Waals surface area contributed by atoms with Crippen LogP contribution in [0.3, 0.4) is 0 Å². The zero-order chi connectivity index (χ0) is 22.0. The zero-order valence-corrected chi connectivity index (χ0v) is 19.4. The topological polar surface area (TPSA) is 65.7 Å². The lowest BCUT2D eigenvalue weighted by Gasteiger charge is -2.15. The molecule has 4 aromatic rings. The summed E-state index contributed by atoms with van der Waals surface area (Å²) in [6.07, 6.45) is 5.21. The molecule has 0 aliphatic heterocycles. The van der Waals surface area contributed by atoms with Gasteiger partial charge in [-0.3, -0.25) is 9.97 Å². The third kappa shape index (κ3) is 4.98. The van der Waals surface area contributed by atoms with Crippen molar-refractivity contribution >= 4 is 30.6 Å². The molecule has 9 heteroatoms. The number of ether oxygens (including phenoxy) is 1. The first kappa shape index (κ1) is 21.5. The van der Waals surface area contributed by atoms with Crippen LogP contribution >= 0.6 is 11.6 Å². The average molecular weight is 456 g/mol.